The van der Waals surface area contributed by atoms with E-state index in [0.717, 1.165) is 11.3 Å². The van der Waals surface area contributed by atoms with Gasteiger partial charge in [0.15, 0.2) is 0 Å². The molecule has 170 valence electrons. The number of nitrogens with zero attached hydrogens (tertiary/aromatic N) is 2. The van der Waals surface area contributed by atoms with Crippen LogP contribution in [0.5, 0.6) is 11.5 Å². The molecule has 1 atom stereocenters. The first-order valence-corrected chi connectivity index (χ1v) is 10.6. The Labute approximate surface area is 188 Å². The second kappa shape index (κ2) is 10.2. The molecule has 1 aliphatic heterocycles. The van der Waals surface area contributed by atoms with Gasteiger partial charge < -0.3 is 19.7 Å². The van der Waals surface area contributed by atoms with E-state index in [-0.39, 0.29) is 12.3 Å². The zero-order valence-corrected chi connectivity index (χ0v) is 18.8. The Balaban J connectivity index is 1.78. The number of ether oxygens (including phenoxy) is 2. The molecule has 1 saturated heterocycles. The molecule has 0 radical (unpaired) electrons. The molecule has 1 N–H and O–H groups in total. The summed E-state index contributed by atoms with van der Waals surface area (Å²) in [4.78, 5) is 41.8. The van der Waals surface area contributed by atoms with Crippen LogP contribution >= 0.6 is 0 Å². The van der Waals surface area contributed by atoms with Crippen LogP contribution in [-0.4, -0.2) is 49.6 Å². The fourth-order valence-electron chi connectivity index (χ4n) is 3.52. The number of amides is 4. The van der Waals surface area contributed by atoms with Crippen molar-refractivity contribution in [3.8, 4) is 11.5 Å². The number of carbonyl (C=O) groups excluding carboxylic acids is 3. The standard InChI is InChI=1S/C24H29N3O5/c1-16(2)13-14-26-21(15-22(28)25-17-5-9-19(31-3)10-6-17)23(29)27(24(26)30)18-7-11-20(32-4)12-8-18/h5-12,16,21H,13-15H2,1-4H3,(H,25,28)/t21-/m0/s1. The second-order valence-corrected chi connectivity index (χ2v) is 8.03. The van der Waals surface area contributed by atoms with Gasteiger partial charge in [0.1, 0.15) is 17.5 Å². The lowest BCUT2D eigenvalue weighted by Crippen LogP contribution is -2.39. The minimum Gasteiger partial charge on any atom is -0.497 e. The Bertz CT molecular complexity index is 957. The summed E-state index contributed by atoms with van der Waals surface area (Å²) in [5, 5.41) is 2.79. The molecule has 2 aromatic rings. The van der Waals surface area contributed by atoms with Crippen molar-refractivity contribution in [2.45, 2.75) is 32.7 Å². The molecular weight excluding hydrogens is 410 g/mol. The molecule has 0 aromatic heterocycles. The van der Waals surface area contributed by atoms with Gasteiger partial charge in [-0.1, -0.05) is 13.8 Å². The number of carbonyl (C=O) groups is 3. The average Bonchev–Trinajstić information content (AvgIpc) is 3.01. The van der Waals surface area contributed by atoms with Gasteiger partial charge in [0.25, 0.3) is 5.91 Å². The number of hydrogen-bond acceptors (Lipinski definition) is 5. The van der Waals surface area contributed by atoms with E-state index in [2.05, 4.69) is 19.2 Å². The zero-order valence-electron chi connectivity index (χ0n) is 18.8. The molecule has 0 spiro atoms. The first-order valence-electron chi connectivity index (χ1n) is 10.6. The predicted molar refractivity (Wildman–Crippen MR) is 122 cm³/mol. The highest BCUT2D eigenvalue weighted by Gasteiger charge is 2.46. The van der Waals surface area contributed by atoms with Gasteiger partial charge in [-0.3, -0.25) is 9.59 Å². The van der Waals surface area contributed by atoms with Crippen molar-refractivity contribution in [2.75, 3.05) is 31.0 Å². The van der Waals surface area contributed by atoms with E-state index in [0.29, 0.717) is 35.3 Å². The van der Waals surface area contributed by atoms with Crippen LogP contribution in [0.3, 0.4) is 0 Å². The molecule has 1 heterocycles. The number of methoxy groups -OCH3 is 2. The van der Waals surface area contributed by atoms with Crippen LogP contribution in [0, 0.1) is 5.92 Å². The number of urea groups is 1. The third-order valence-electron chi connectivity index (χ3n) is 5.35. The van der Waals surface area contributed by atoms with Crippen LogP contribution < -0.4 is 19.7 Å². The lowest BCUT2D eigenvalue weighted by Gasteiger charge is -2.22. The third kappa shape index (κ3) is 5.19. The molecule has 0 saturated carbocycles. The van der Waals surface area contributed by atoms with Crippen LogP contribution in [-0.2, 0) is 9.59 Å². The number of rotatable bonds is 9. The maximum absolute atomic E-state index is 13.2. The summed E-state index contributed by atoms with van der Waals surface area (Å²) < 4.78 is 10.3. The average molecular weight is 440 g/mol. The number of imide groups is 1. The third-order valence-corrected chi connectivity index (χ3v) is 5.35. The molecule has 0 unspecified atom stereocenters. The zero-order chi connectivity index (χ0) is 23.3. The fourth-order valence-corrected chi connectivity index (χ4v) is 3.52. The van der Waals surface area contributed by atoms with E-state index in [9.17, 15) is 14.4 Å². The SMILES string of the molecule is COc1ccc(NC(=O)C[C@H]2C(=O)N(c3ccc(OC)cc3)C(=O)N2CCC(C)C)cc1. The molecule has 0 aliphatic carbocycles. The van der Waals surface area contributed by atoms with Crippen molar-refractivity contribution in [2.24, 2.45) is 5.92 Å². The van der Waals surface area contributed by atoms with Crippen molar-refractivity contribution in [3.05, 3.63) is 48.5 Å². The fraction of sp³-hybridized carbons (Fsp3) is 0.375. The van der Waals surface area contributed by atoms with Crippen molar-refractivity contribution in [1.82, 2.24) is 4.90 Å². The van der Waals surface area contributed by atoms with Crippen LogP contribution in [0.1, 0.15) is 26.7 Å². The maximum atomic E-state index is 13.2. The van der Waals surface area contributed by atoms with Gasteiger partial charge in [0.05, 0.1) is 26.3 Å². The highest BCUT2D eigenvalue weighted by atomic mass is 16.5. The summed E-state index contributed by atoms with van der Waals surface area (Å²) in [7, 11) is 3.11. The summed E-state index contributed by atoms with van der Waals surface area (Å²) in [5.41, 5.74) is 1.04. The van der Waals surface area contributed by atoms with Crippen molar-refractivity contribution in [3.63, 3.8) is 0 Å². The largest absolute Gasteiger partial charge is 0.497 e. The molecule has 1 fully saturated rings. The monoisotopic (exact) mass is 439 g/mol. The lowest BCUT2D eigenvalue weighted by molar-refractivity contribution is -0.124. The number of hydrogen-bond donors (Lipinski definition) is 1. The molecule has 32 heavy (non-hydrogen) atoms. The molecule has 0 bridgehead atoms. The van der Waals surface area contributed by atoms with Gasteiger partial charge in [-0.2, -0.15) is 0 Å². The van der Waals surface area contributed by atoms with Crippen molar-refractivity contribution >= 4 is 29.2 Å². The second-order valence-electron chi connectivity index (χ2n) is 8.03. The Morgan fingerprint density at radius 3 is 2.06 bits per heavy atom. The Kier molecular flexibility index (Phi) is 7.35. The highest BCUT2D eigenvalue weighted by molar-refractivity contribution is 6.22. The van der Waals surface area contributed by atoms with E-state index >= 15 is 0 Å². The number of benzene rings is 2. The number of nitrogens with one attached hydrogen (secondary N) is 1. The van der Waals surface area contributed by atoms with Gasteiger partial charge in [-0.05, 0) is 60.9 Å². The van der Waals surface area contributed by atoms with E-state index in [1.807, 2.05) is 0 Å². The topological polar surface area (TPSA) is 88.2 Å². The maximum Gasteiger partial charge on any atom is 0.332 e. The first kappa shape index (κ1) is 23.1. The van der Waals surface area contributed by atoms with Crippen molar-refractivity contribution in [1.29, 1.82) is 0 Å². The van der Waals surface area contributed by atoms with E-state index in [4.69, 9.17) is 9.47 Å². The first-order chi connectivity index (χ1) is 15.3. The van der Waals surface area contributed by atoms with Gasteiger partial charge in [-0.25, -0.2) is 9.69 Å². The summed E-state index contributed by atoms with van der Waals surface area (Å²) in [5.74, 6) is 0.900. The minimum absolute atomic E-state index is 0.124. The predicted octanol–water partition coefficient (Wildman–Crippen LogP) is 3.92. The van der Waals surface area contributed by atoms with Crippen molar-refractivity contribution < 1.29 is 23.9 Å². The van der Waals surface area contributed by atoms with Gasteiger partial charge in [0, 0.05) is 12.2 Å². The van der Waals surface area contributed by atoms with E-state index in [1.165, 1.54) is 4.90 Å². The number of anilines is 2. The Morgan fingerprint density at radius 1 is 0.969 bits per heavy atom. The van der Waals surface area contributed by atoms with Crippen LogP contribution in [0.15, 0.2) is 48.5 Å². The molecule has 2 aromatic carbocycles. The van der Waals surface area contributed by atoms with Crippen LogP contribution in [0.2, 0.25) is 0 Å². The smallest absolute Gasteiger partial charge is 0.332 e. The Morgan fingerprint density at radius 2 is 1.53 bits per heavy atom. The molecule has 8 heteroatoms. The summed E-state index contributed by atoms with van der Waals surface area (Å²) in [6.45, 7) is 4.50. The summed E-state index contributed by atoms with van der Waals surface area (Å²) in [6.07, 6.45) is 0.605. The molecule has 1 aliphatic rings. The van der Waals surface area contributed by atoms with Crippen LogP contribution in [0.4, 0.5) is 16.2 Å². The molecule has 8 nitrogen and oxygen atoms in total. The van der Waals surface area contributed by atoms with Gasteiger partial charge >= 0.3 is 6.03 Å². The van der Waals surface area contributed by atoms with Crippen LogP contribution in [0.25, 0.3) is 0 Å². The normalized spacial score (nSPS) is 16.0. The summed E-state index contributed by atoms with van der Waals surface area (Å²) >= 11 is 0. The quantitative estimate of drug-likeness (QED) is 0.599. The van der Waals surface area contributed by atoms with E-state index in [1.54, 1.807) is 62.8 Å². The Hall–Kier alpha value is -3.55. The highest BCUT2D eigenvalue weighted by Crippen LogP contribution is 2.29. The molecule has 4 amide bonds. The molecular formula is C24H29N3O5. The van der Waals surface area contributed by atoms with E-state index < -0.39 is 18.0 Å². The van der Waals surface area contributed by atoms with Gasteiger partial charge in [0.2, 0.25) is 5.91 Å². The summed E-state index contributed by atoms with van der Waals surface area (Å²) in [6, 6.07) is 12.3. The van der Waals surface area contributed by atoms with Gasteiger partial charge in [-0.15, -0.1) is 0 Å². The molecule has 3 rings (SSSR count). The lowest BCUT2D eigenvalue weighted by atomic mass is 10.1. The minimum atomic E-state index is -0.860.